The van der Waals surface area contributed by atoms with Crippen molar-refractivity contribution in [1.82, 2.24) is 5.43 Å². The number of anilines is 1. The molecule has 0 atom stereocenters. The minimum absolute atomic E-state index is 0.0202. The molecule has 3 aromatic rings. The van der Waals surface area contributed by atoms with E-state index in [4.69, 9.17) is 18.9 Å². The lowest BCUT2D eigenvalue weighted by molar-refractivity contribution is -0.117. The minimum atomic E-state index is -0.480. The second-order valence-electron chi connectivity index (χ2n) is 7.49. The molecule has 0 aliphatic carbocycles. The summed E-state index contributed by atoms with van der Waals surface area (Å²) >= 11 is 3.52. The van der Waals surface area contributed by atoms with Gasteiger partial charge < -0.3 is 18.9 Å². The molecule has 2 aliphatic heterocycles. The van der Waals surface area contributed by atoms with Crippen LogP contribution in [0, 0.1) is 0 Å². The van der Waals surface area contributed by atoms with E-state index in [0.29, 0.717) is 38.7 Å². The Morgan fingerprint density at radius 1 is 1.06 bits per heavy atom. The molecule has 1 N–H and O–H groups in total. The third kappa shape index (κ3) is 4.17. The lowest BCUT2D eigenvalue weighted by Crippen LogP contribution is -2.35. The van der Waals surface area contributed by atoms with Crippen molar-refractivity contribution < 1.29 is 28.5 Å². The van der Waals surface area contributed by atoms with Gasteiger partial charge in [-0.15, -0.1) is 0 Å². The lowest BCUT2D eigenvalue weighted by atomic mass is 10.1. The molecule has 2 amide bonds. The average Bonchev–Trinajstić information content (AvgIpc) is 3.43. The second kappa shape index (κ2) is 9.11. The normalized spacial score (nSPS) is 15.6. The van der Waals surface area contributed by atoms with E-state index in [1.165, 1.54) is 18.2 Å². The molecule has 1 saturated heterocycles. The molecule has 0 bridgehead atoms. The predicted molar refractivity (Wildman–Crippen MR) is 128 cm³/mol. The summed E-state index contributed by atoms with van der Waals surface area (Å²) in [6, 6.07) is 18.0. The molecule has 0 spiro atoms. The number of ether oxygens (including phenoxy) is 4. The number of nitrogens with one attached hydrogen (secondary N) is 1. The molecule has 1 fully saturated rings. The second-order valence-corrected chi connectivity index (χ2v) is 8.34. The summed E-state index contributed by atoms with van der Waals surface area (Å²) in [6.45, 7) is 0.485. The van der Waals surface area contributed by atoms with Crippen LogP contribution in [0.3, 0.4) is 0 Å². The molecule has 34 heavy (non-hydrogen) atoms. The fourth-order valence-electron chi connectivity index (χ4n) is 3.63. The molecule has 0 saturated carbocycles. The standard InChI is InChI=1S/C25H19BrN2O6/c1-31-22-12-16(9-18-24(29)27-28(25(18)30)17-5-3-2-4-6-17)10-19(26)23(22)32-13-15-7-8-20-21(11-15)34-14-33-20/h2-12H,13-14H2,1H3,(H,27,29)/b18-9-. The number of carbonyl (C=O) groups excluding carboxylic acids is 2. The van der Waals surface area contributed by atoms with Crippen LogP contribution in [0.4, 0.5) is 5.69 Å². The van der Waals surface area contributed by atoms with Crippen LogP contribution in [0.2, 0.25) is 0 Å². The SMILES string of the molecule is COc1cc(/C=C2/C(=O)NN(c3ccccc3)C2=O)cc(Br)c1OCc1ccc2c(c1)OCO2. The Bertz CT molecular complexity index is 1310. The Morgan fingerprint density at radius 2 is 1.85 bits per heavy atom. The summed E-state index contributed by atoms with van der Waals surface area (Å²) in [6.07, 6.45) is 1.52. The number of halogens is 1. The monoisotopic (exact) mass is 522 g/mol. The van der Waals surface area contributed by atoms with Gasteiger partial charge in [-0.2, -0.15) is 0 Å². The molecule has 8 nitrogen and oxygen atoms in total. The third-order valence-electron chi connectivity index (χ3n) is 5.29. The van der Waals surface area contributed by atoms with E-state index < -0.39 is 11.8 Å². The van der Waals surface area contributed by atoms with E-state index in [9.17, 15) is 9.59 Å². The zero-order chi connectivity index (χ0) is 23.7. The maximum absolute atomic E-state index is 12.9. The Labute approximate surface area is 203 Å². The van der Waals surface area contributed by atoms with Crippen LogP contribution >= 0.6 is 15.9 Å². The van der Waals surface area contributed by atoms with Gasteiger partial charge in [0.15, 0.2) is 23.0 Å². The largest absolute Gasteiger partial charge is 0.493 e. The van der Waals surface area contributed by atoms with E-state index in [-0.39, 0.29) is 19.0 Å². The van der Waals surface area contributed by atoms with Crippen LogP contribution in [0.5, 0.6) is 23.0 Å². The number of nitrogens with zero attached hydrogens (tertiary/aromatic N) is 1. The number of benzene rings is 3. The molecule has 9 heteroatoms. The number of para-hydroxylation sites is 1. The van der Waals surface area contributed by atoms with Gasteiger partial charge in [0, 0.05) is 0 Å². The van der Waals surface area contributed by atoms with Crippen LogP contribution < -0.4 is 29.4 Å². The van der Waals surface area contributed by atoms with Crippen molar-refractivity contribution in [3.8, 4) is 23.0 Å². The van der Waals surface area contributed by atoms with Crippen molar-refractivity contribution in [2.75, 3.05) is 18.9 Å². The molecular formula is C25H19BrN2O6. The summed E-state index contributed by atoms with van der Waals surface area (Å²) in [4.78, 5) is 25.3. The highest BCUT2D eigenvalue weighted by Crippen LogP contribution is 2.39. The highest BCUT2D eigenvalue weighted by molar-refractivity contribution is 9.10. The molecule has 0 unspecified atom stereocenters. The van der Waals surface area contributed by atoms with E-state index in [1.807, 2.05) is 24.3 Å². The Balaban J connectivity index is 1.37. The molecular weight excluding hydrogens is 504 g/mol. The third-order valence-corrected chi connectivity index (χ3v) is 5.88. The Hall–Kier alpha value is -3.98. The number of hydrogen-bond acceptors (Lipinski definition) is 6. The molecule has 172 valence electrons. The van der Waals surface area contributed by atoms with Crippen molar-refractivity contribution >= 4 is 39.5 Å². The fraction of sp³-hybridized carbons (Fsp3) is 0.120. The lowest BCUT2D eigenvalue weighted by Gasteiger charge is -2.14. The molecule has 0 aromatic heterocycles. The number of rotatable bonds is 6. The summed E-state index contributed by atoms with van der Waals surface area (Å²) in [5.74, 6) is 1.42. The number of hydrazine groups is 1. The smallest absolute Gasteiger partial charge is 0.282 e. The quantitative estimate of drug-likeness (QED) is 0.385. The van der Waals surface area contributed by atoms with Gasteiger partial charge in [-0.25, -0.2) is 5.01 Å². The summed E-state index contributed by atoms with van der Waals surface area (Å²) in [5, 5.41) is 1.23. The number of hydrogen-bond donors (Lipinski definition) is 1. The Morgan fingerprint density at radius 3 is 2.65 bits per heavy atom. The van der Waals surface area contributed by atoms with Gasteiger partial charge in [0.1, 0.15) is 12.2 Å². The fourth-order valence-corrected chi connectivity index (χ4v) is 4.21. The van der Waals surface area contributed by atoms with E-state index in [0.717, 1.165) is 5.56 Å². The molecule has 3 aromatic carbocycles. The summed E-state index contributed by atoms with van der Waals surface area (Å²) < 4.78 is 22.9. The van der Waals surface area contributed by atoms with Gasteiger partial charge in [0.05, 0.1) is 17.3 Å². The van der Waals surface area contributed by atoms with Crippen molar-refractivity contribution in [2.45, 2.75) is 6.61 Å². The van der Waals surface area contributed by atoms with Crippen molar-refractivity contribution in [1.29, 1.82) is 0 Å². The average molecular weight is 523 g/mol. The number of fused-ring (bicyclic) bond motifs is 1. The zero-order valence-electron chi connectivity index (χ0n) is 18.0. The number of methoxy groups -OCH3 is 1. The van der Waals surface area contributed by atoms with E-state index in [1.54, 1.807) is 36.4 Å². The van der Waals surface area contributed by atoms with Gasteiger partial charge in [0.25, 0.3) is 11.8 Å². The van der Waals surface area contributed by atoms with Crippen molar-refractivity contribution in [3.05, 3.63) is 81.8 Å². The highest BCUT2D eigenvalue weighted by atomic mass is 79.9. The van der Waals surface area contributed by atoms with Gasteiger partial charge >= 0.3 is 0 Å². The van der Waals surface area contributed by atoms with Gasteiger partial charge in [-0.1, -0.05) is 24.3 Å². The maximum atomic E-state index is 12.9. The topological polar surface area (TPSA) is 86.3 Å². The van der Waals surface area contributed by atoms with Crippen LogP contribution in [-0.2, 0) is 16.2 Å². The van der Waals surface area contributed by atoms with Gasteiger partial charge in [-0.3, -0.25) is 15.0 Å². The maximum Gasteiger partial charge on any atom is 0.282 e. The minimum Gasteiger partial charge on any atom is -0.493 e. The first-order valence-corrected chi connectivity index (χ1v) is 11.1. The number of carbonyl (C=O) groups is 2. The van der Waals surface area contributed by atoms with Gasteiger partial charge in [0.2, 0.25) is 6.79 Å². The van der Waals surface area contributed by atoms with Crippen molar-refractivity contribution in [3.63, 3.8) is 0 Å². The van der Waals surface area contributed by atoms with Crippen LogP contribution in [0.1, 0.15) is 11.1 Å². The Kier molecular flexibility index (Phi) is 5.85. The summed E-state index contributed by atoms with van der Waals surface area (Å²) in [7, 11) is 1.52. The van der Waals surface area contributed by atoms with E-state index >= 15 is 0 Å². The van der Waals surface area contributed by atoms with Crippen LogP contribution in [0.25, 0.3) is 6.08 Å². The number of amides is 2. The van der Waals surface area contributed by atoms with Crippen LogP contribution in [0.15, 0.2) is 70.7 Å². The molecule has 2 aliphatic rings. The molecule has 5 rings (SSSR count). The molecule has 2 heterocycles. The first kappa shape index (κ1) is 21.8. The predicted octanol–water partition coefficient (Wildman–Crippen LogP) is 4.23. The van der Waals surface area contributed by atoms with Crippen LogP contribution in [-0.4, -0.2) is 25.7 Å². The van der Waals surface area contributed by atoms with E-state index in [2.05, 4.69) is 21.4 Å². The first-order chi connectivity index (χ1) is 16.5. The van der Waals surface area contributed by atoms with Crippen molar-refractivity contribution in [2.24, 2.45) is 0 Å². The molecule has 0 radical (unpaired) electrons. The van der Waals surface area contributed by atoms with Gasteiger partial charge in [-0.05, 0) is 69.5 Å². The first-order valence-electron chi connectivity index (χ1n) is 10.3. The zero-order valence-corrected chi connectivity index (χ0v) is 19.6. The summed E-state index contributed by atoms with van der Waals surface area (Å²) in [5.41, 5.74) is 4.70. The highest BCUT2D eigenvalue weighted by Gasteiger charge is 2.34.